The van der Waals surface area contributed by atoms with E-state index in [9.17, 15) is 27.6 Å². The molecule has 0 aliphatic heterocycles. The number of hydrogen-bond acceptors (Lipinski definition) is 4. The van der Waals surface area contributed by atoms with Gasteiger partial charge >= 0.3 is 18.2 Å². The van der Waals surface area contributed by atoms with E-state index in [-0.39, 0.29) is 12.1 Å². The number of imide groups is 1. The molecular formula is C14H13F3N2O4. The van der Waals surface area contributed by atoms with Crippen molar-refractivity contribution in [2.45, 2.75) is 6.18 Å². The number of urea groups is 1. The second kappa shape index (κ2) is 7.97. The number of nitrogens with one attached hydrogen (secondary N) is 2. The molecule has 9 heteroatoms. The summed E-state index contributed by atoms with van der Waals surface area (Å²) in [5, 5.41) is 4.12. The van der Waals surface area contributed by atoms with Gasteiger partial charge in [-0.2, -0.15) is 13.2 Å². The molecule has 0 saturated carbocycles. The van der Waals surface area contributed by atoms with E-state index < -0.39 is 36.3 Å². The fraction of sp³-hybridized carbons (Fsp3) is 0.214. The lowest BCUT2D eigenvalue weighted by atomic mass is 10.1. The fourth-order valence-electron chi connectivity index (χ4n) is 1.41. The number of carbonyl (C=O) groups is 3. The molecule has 3 amide bonds. The Morgan fingerprint density at radius 2 is 1.96 bits per heavy atom. The zero-order valence-corrected chi connectivity index (χ0v) is 11.8. The smallest absolute Gasteiger partial charge is 0.416 e. The highest BCUT2D eigenvalue weighted by atomic mass is 19.4. The quantitative estimate of drug-likeness (QED) is 0.638. The minimum Gasteiger partial charge on any atom is -0.452 e. The van der Waals surface area contributed by atoms with Crippen LogP contribution < -0.4 is 10.6 Å². The number of carbonyl (C=O) groups excluding carboxylic acids is 3. The maximum absolute atomic E-state index is 12.5. The van der Waals surface area contributed by atoms with E-state index in [4.69, 9.17) is 0 Å². The van der Waals surface area contributed by atoms with Gasteiger partial charge in [0, 0.05) is 6.54 Å². The van der Waals surface area contributed by atoms with Gasteiger partial charge in [0.15, 0.2) is 6.61 Å². The topological polar surface area (TPSA) is 84.5 Å². The third-order valence-corrected chi connectivity index (χ3v) is 2.42. The monoisotopic (exact) mass is 330 g/mol. The summed E-state index contributed by atoms with van der Waals surface area (Å²) in [7, 11) is 0. The average Bonchev–Trinajstić information content (AvgIpc) is 2.50. The van der Waals surface area contributed by atoms with Gasteiger partial charge in [-0.3, -0.25) is 10.1 Å². The van der Waals surface area contributed by atoms with Crippen molar-refractivity contribution in [3.8, 4) is 0 Å². The minimum atomic E-state index is -4.60. The number of amides is 3. The Bertz CT molecular complexity index is 614. The molecule has 1 rings (SSSR count). The van der Waals surface area contributed by atoms with Crippen LogP contribution in [0, 0.1) is 0 Å². The van der Waals surface area contributed by atoms with E-state index >= 15 is 0 Å². The summed E-state index contributed by atoms with van der Waals surface area (Å²) in [5.41, 5.74) is -1.37. The molecule has 0 radical (unpaired) electrons. The van der Waals surface area contributed by atoms with Crippen LogP contribution in [0.3, 0.4) is 0 Å². The SMILES string of the molecule is C=CCNC(=O)NC(=O)COC(=O)c1cccc(C(F)(F)F)c1. The summed E-state index contributed by atoms with van der Waals surface area (Å²) in [6.45, 7) is 2.67. The van der Waals surface area contributed by atoms with Crippen molar-refractivity contribution in [2.24, 2.45) is 0 Å². The largest absolute Gasteiger partial charge is 0.452 e. The molecule has 0 aliphatic carbocycles. The first-order chi connectivity index (χ1) is 10.7. The van der Waals surface area contributed by atoms with Crippen LogP contribution in [0.4, 0.5) is 18.0 Å². The van der Waals surface area contributed by atoms with E-state index in [1.54, 1.807) is 0 Å². The van der Waals surface area contributed by atoms with Gasteiger partial charge in [-0.25, -0.2) is 9.59 Å². The highest BCUT2D eigenvalue weighted by Crippen LogP contribution is 2.29. The second-order valence-corrected chi connectivity index (χ2v) is 4.20. The molecule has 1 aromatic carbocycles. The van der Waals surface area contributed by atoms with Crippen molar-refractivity contribution in [2.75, 3.05) is 13.2 Å². The lowest BCUT2D eigenvalue weighted by Gasteiger charge is -2.09. The van der Waals surface area contributed by atoms with Crippen molar-refractivity contribution >= 4 is 17.9 Å². The zero-order chi connectivity index (χ0) is 17.5. The molecule has 0 bridgehead atoms. The van der Waals surface area contributed by atoms with Crippen molar-refractivity contribution < 1.29 is 32.3 Å². The Hall–Kier alpha value is -2.84. The van der Waals surface area contributed by atoms with Gasteiger partial charge in [0.05, 0.1) is 11.1 Å². The minimum absolute atomic E-state index is 0.128. The van der Waals surface area contributed by atoms with Crippen LogP contribution in [0.25, 0.3) is 0 Å². The molecular weight excluding hydrogens is 317 g/mol. The standard InChI is InChI=1S/C14H13F3N2O4/c1-2-6-18-13(22)19-11(20)8-23-12(21)9-4-3-5-10(7-9)14(15,16)17/h2-5,7H,1,6,8H2,(H2,18,19,20,22). The van der Waals surface area contributed by atoms with Gasteiger partial charge in [0.2, 0.25) is 0 Å². The molecule has 0 aromatic heterocycles. The molecule has 0 aliphatic rings. The normalized spacial score (nSPS) is 10.6. The number of alkyl halides is 3. The molecule has 2 N–H and O–H groups in total. The first-order valence-electron chi connectivity index (χ1n) is 6.27. The lowest BCUT2D eigenvalue weighted by molar-refractivity contribution is -0.137. The lowest BCUT2D eigenvalue weighted by Crippen LogP contribution is -2.41. The molecule has 0 atom stereocenters. The van der Waals surface area contributed by atoms with E-state index in [1.165, 1.54) is 6.08 Å². The van der Waals surface area contributed by atoms with Crippen LogP contribution in [0.1, 0.15) is 15.9 Å². The van der Waals surface area contributed by atoms with Crippen LogP contribution in [0.15, 0.2) is 36.9 Å². The molecule has 0 spiro atoms. The predicted molar refractivity (Wildman–Crippen MR) is 73.5 cm³/mol. The summed E-state index contributed by atoms with van der Waals surface area (Å²) in [6, 6.07) is 2.75. The number of ether oxygens (including phenoxy) is 1. The summed E-state index contributed by atoms with van der Waals surface area (Å²) in [6.07, 6.45) is -3.21. The Labute approximate surface area is 129 Å². The molecule has 0 unspecified atom stereocenters. The van der Waals surface area contributed by atoms with Gasteiger partial charge in [0.25, 0.3) is 5.91 Å². The Balaban J connectivity index is 2.55. The Morgan fingerprint density at radius 3 is 2.57 bits per heavy atom. The fourth-order valence-corrected chi connectivity index (χ4v) is 1.41. The third-order valence-electron chi connectivity index (χ3n) is 2.42. The number of rotatable bonds is 5. The number of benzene rings is 1. The van der Waals surface area contributed by atoms with Gasteiger partial charge < -0.3 is 10.1 Å². The zero-order valence-electron chi connectivity index (χ0n) is 11.8. The van der Waals surface area contributed by atoms with E-state index in [0.717, 1.165) is 18.2 Å². The van der Waals surface area contributed by atoms with Crippen molar-refractivity contribution in [1.82, 2.24) is 10.6 Å². The average molecular weight is 330 g/mol. The van der Waals surface area contributed by atoms with E-state index in [1.807, 2.05) is 5.32 Å². The first-order valence-corrected chi connectivity index (χ1v) is 6.27. The van der Waals surface area contributed by atoms with Crippen molar-refractivity contribution in [1.29, 1.82) is 0 Å². The predicted octanol–water partition coefficient (Wildman–Crippen LogP) is 1.87. The third kappa shape index (κ3) is 6.20. The summed E-state index contributed by atoms with van der Waals surface area (Å²) in [4.78, 5) is 34.1. The molecule has 0 heterocycles. The van der Waals surface area contributed by atoms with Crippen LogP contribution >= 0.6 is 0 Å². The van der Waals surface area contributed by atoms with E-state index in [0.29, 0.717) is 6.07 Å². The van der Waals surface area contributed by atoms with Gasteiger partial charge in [-0.15, -0.1) is 6.58 Å². The van der Waals surface area contributed by atoms with Crippen molar-refractivity contribution in [3.05, 3.63) is 48.0 Å². The maximum atomic E-state index is 12.5. The molecule has 0 fully saturated rings. The highest BCUT2D eigenvalue weighted by Gasteiger charge is 2.31. The van der Waals surface area contributed by atoms with Crippen LogP contribution in [-0.4, -0.2) is 31.1 Å². The molecule has 1 aromatic rings. The summed E-state index contributed by atoms with van der Waals surface area (Å²) < 4.78 is 42.1. The van der Waals surface area contributed by atoms with Gasteiger partial charge in [-0.05, 0) is 18.2 Å². The Kier molecular flexibility index (Phi) is 6.31. The summed E-state index contributed by atoms with van der Waals surface area (Å²) in [5.74, 6) is -2.04. The Morgan fingerprint density at radius 1 is 1.26 bits per heavy atom. The van der Waals surface area contributed by atoms with E-state index in [2.05, 4.69) is 16.6 Å². The van der Waals surface area contributed by atoms with Crippen LogP contribution in [-0.2, 0) is 15.7 Å². The molecule has 6 nitrogen and oxygen atoms in total. The molecule has 0 saturated heterocycles. The number of hydrogen-bond donors (Lipinski definition) is 2. The highest BCUT2D eigenvalue weighted by molar-refractivity contribution is 5.97. The molecule has 23 heavy (non-hydrogen) atoms. The van der Waals surface area contributed by atoms with Crippen molar-refractivity contribution in [3.63, 3.8) is 0 Å². The van der Waals surface area contributed by atoms with Crippen LogP contribution in [0.2, 0.25) is 0 Å². The molecule has 124 valence electrons. The number of halogens is 3. The second-order valence-electron chi connectivity index (χ2n) is 4.20. The van der Waals surface area contributed by atoms with Crippen LogP contribution in [0.5, 0.6) is 0 Å². The van der Waals surface area contributed by atoms with Gasteiger partial charge in [0.1, 0.15) is 0 Å². The van der Waals surface area contributed by atoms with Gasteiger partial charge in [-0.1, -0.05) is 12.1 Å². The summed E-state index contributed by atoms with van der Waals surface area (Å²) >= 11 is 0. The maximum Gasteiger partial charge on any atom is 0.416 e. The number of esters is 1. The first kappa shape index (κ1) is 18.2.